The largest absolute Gasteiger partial charge is 0.497 e. The van der Waals surface area contributed by atoms with E-state index in [9.17, 15) is 9.59 Å². The Hall–Kier alpha value is -2.08. The molecule has 0 saturated carbocycles. The highest BCUT2D eigenvalue weighted by Crippen LogP contribution is 2.27. The quantitative estimate of drug-likeness (QED) is 0.697. The van der Waals surface area contributed by atoms with Gasteiger partial charge in [0.1, 0.15) is 5.75 Å². The number of rotatable bonds is 8. The number of unbranched alkanes of at least 4 members (excludes halogenated alkanes) is 1. The van der Waals surface area contributed by atoms with Crippen molar-refractivity contribution in [3.63, 3.8) is 0 Å². The molecule has 1 aromatic rings. The summed E-state index contributed by atoms with van der Waals surface area (Å²) in [5.41, 5.74) is 0.816. The van der Waals surface area contributed by atoms with E-state index < -0.39 is 0 Å². The molecule has 2 atom stereocenters. The van der Waals surface area contributed by atoms with E-state index in [1.165, 1.54) is 25.8 Å². The van der Waals surface area contributed by atoms with E-state index in [1.807, 2.05) is 24.3 Å². The number of carbonyl (C=O) groups is 2. The SMILES string of the molecule is COc1ccc(N2CC(C(=O)NCCCCN3CCCCC3C)CC2=O)cc1. The maximum atomic E-state index is 12.5. The minimum atomic E-state index is -0.267. The smallest absolute Gasteiger partial charge is 0.227 e. The van der Waals surface area contributed by atoms with Gasteiger partial charge in [0.15, 0.2) is 0 Å². The molecule has 0 radical (unpaired) electrons. The van der Waals surface area contributed by atoms with Crippen molar-refractivity contribution in [3.05, 3.63) is 24.3 Å². The molecule has 2 fully saturated rings. The maximum absolute atomic E-state index is 12.5. The van der Waals surface area contributed by atoms with Crippen LogP contribution in [0.1, 0.15) is 45.4 Å². The minimum Gasteiger partial charge on any atom is -0.497 e. The van der Waals surface area contributed by atoms with Crippen LogP contribution in [0, 0.1) is 5.92 Å². The highest BCUT2D eigenvalue weighted by Gasteiger charge is 2.34. The molecule has 2 heterocycles. The van der Waals surface area contributed by atoms with Crippen LogP contribution in [0.3, 0.4) is 0 Å². The lowest BCUT2D eigenvalue weighted by molar-refractivity contribution is -0.126. The zero-order valence-electron chi connectivity index (χ0n) is 17.2. The average molecular weight is 388 g/mol. The molecule has 1 aromatic carbocycles. The number of likely N-dealkylation sites (tertiary alicyclic amines) is 1. The molecule has 1 N–H and O–H groups in total. The van der Waals surface area contributed by atoms with E-state index in [-0.39, 0.29) is 24.2 Å². The fraction of sp³-hybridized carbons (Fsp3) is 0.636. The van der Waals surface area contributed by atoms with Crippen LogP contribution in [-0.4, -0.2) is 56.0 Å². The fourth-order valence-corrected chi connectivity index (χ4v) is 4.18. The zero-order chi connectivity index (χ0) is 19.9. The normalized spacial score (nSPS) is 23.1. The number of piperidine rings is 1. The van der Waals surface area contributed by atoms with Crippen LogP contribution in [0.15, 0.2) is 24.3 Å². The van der Waals surface area contributed by atoms with Crippen molar-refractivity contribution in [2.24, 2.45) is 5.92 Å². The Labute approximate surface area is 168 Å². The first-order valence-electron chi connectivity index (χ1n) is 10.5. The summed E-state index contributed by atoms with van der Waals surface area (Å²) in [6.45, 7) is 5.77. The minimum absolute atomic E-state index is 0.00398. The van der Waals surface area contributed by atoms with Crippen molar-refractivity contribution < 1.29 is 14.3 Å². The van der Waals surface area contributed by atoms with Gasteiger partial charge in [-0.25, -0.2) is 0 Å². The topological polar surface area (TPSA) is 61.9 Å². The van der Waals surface area contributed by atoms with E-state index in [0.29, 0.717) is 19.1 Å². The van der Waals surface area contributed by atoms with Crippen molar-refractivity contribution in [2.45, 2.75) is 51.5 Å². The summed E-state index contributed by atoms with van der Waals surface area (Å²) in [4.78, 5) is 29.1. The van der Waals surface area contributed by atoms with Gasteiger partial charge in [-0.3, -0.25) is 9.59 Å². The van der Waals surface area contributed by atoms with E-state index in [0.717, 1.165) is 30.8 Å². The molecule has 28 heavy (non-hydrogen) atoms. The molecule has 6 heteroatoms. The average Bonchev–Trinajstić information content (AvgIpc) is 3.11. The lowest BCUT2D eigenvalue weighted by Gasteiger charge is -2.33. The van der Waals surface area contributed by atoms with E-state index in [2.05, 4.69) is 17.1 Å². The first-order chi connectivity index (χ1) is 13.6. The summed E-state index contributed by atoms with van der Waals surface area (Å²) in [7, 11) is 1.61. The van der Waals surface area contributed by atoms with Gasteiger partial charge < -0.3 is 19.9 Å². The second kappa shape index (κ2) is 9.92. The Morgan fingerprint density at radius 1 is 1.21 bits per heavy atom. The van der Waals surface area contributed by atoms with Gasteiger partial charge in [0, 0.05) is 31.2 Å². The van der Waals surface area contributed by atoms with Crippen LogP contribution < -0.4 is 15.0 Å². The fourth-order valence-electron chi connectivity index (χ4n) is 4.18. The first-order valence-corrected chi connectivity index (χ1v) is 10.5. The number of benzene rings is 1. The lowest BCUT2D eigenvalue weighted by atomic mass is 10.0. The molecule has 0 aliphatic carbocycles. The molecule has 2 saturated heterocycles. The van der Waals surface area contributed by atoms with Crippen molar-refractivity contribution in [2.75, 3.05) is 38.2 Å². The summed E-state index contributed by atoms with van der Waals surface area (Å²) in [6, 6.07) is 8.08. The molecule has 0 aromatic heterocycles. The van der Waals surface area contributed by atoms with Gasteiger partial charge in [-0.05, 0) is 70.0 Å². The standard InChI is InChI=1S/C22H33N3O3/c1-17-7-3-5-13-24(17)14-6-4-12-23-22(27)18-15-21(26)25(16-18)19-8-10-20(28-2)11-9-19/h8-11,17-18H,3-7,12-16H2,1-2H3,(H,23,27). The molecule has 2 amide bonds. The summed E-state index contributed by atoms with van der Waals surface area (Å²) in [6.07, 6.45) is 6.33. The molecule has 3 rings (SSSR count). The van der Waals surface area contributed by atoms with Crippen molar-refractivity contribution in [3.8, 4) is 5.75 Å². The van der Waals surface area contributed by atoms with Crippen molar-refractivity contribution >= 4 is 17.5 Å². The monoisotopic (exact) mass is 387 g/mol. The Kier molecular flexibility index (Phi) is 7.31. The second-order valence-corrected chi connectivity index (χ2v) is 7.98. The second-order valence-electron chi connectivity index (χ2n) is 7.98. The zero-order valence-corrected chi connectivity index (χ0v) is 17.2. The van der Waals surface area contributed by atoms with E-state index >= 15 is 0 Å². The number of hydrogen-bond donors (Lipinski definition) is 1. The predicted molar refractivity (Wildman–Crippen MR) is 111 cm³/mol. The molecule has 2 unspecified atom stereocenters. The van der Waals surface area contributed by atoms with Gasteiger partial charge in [-0.1, -0.05) is 6.42 Å². The van der Waals surface area contributed by atoms with Crippen LogP contribution in [0.4, 0.5) is 5.69 Å². The van der Waals surface area contributed by atoms with Crippen LogP contribution in [0.2, 0.25) is 0 Å². The van der Waals surface area contributed by atoms with Crippen LogP contribution >= 0.6 is 0 Å². The highest BCUT2D eigenvalue weighted by molar-refractivity contribution is 6.00. The van der Waals surface area contributed by atoms with E-state index in [1.54, 1.807) is 12.0 Å². The molecular weight excluding hydrogens is 354 g/mol. The summed E-state index contributed by atoms with van der Waals surface area (Å²) >= 11 is 0. The van der Waals surface area contributed by atoms with Gasteiger partial charge in [0.2, 0.25) is 11.8 Å². The number of nitrogens with zero attached hydrogens (tertiary/aromatic N) is 2. The Morgan fingerprint density at radius 2 is 2.00 bits per heavy atom. The Morgan fingerprint density at radius 3 is 2.71 bits per heavy atom. The highest BCUT2D eigenvalue weighted by atomic mass is 16.5. The third-order valence-electron chi connectivity index (χ3n) is 5.99. The van der Waals surface area contributed by atoms with Crippen LogP contribution in [0.25, 0.3) is 0 Å². The number of nitrogens with one attached hydrogen (secondary N) is 1. The number of ether oxygens (including phenoxy) is 1. The van der Waals surface area contributed by atoms with Crippen molar-refractivity contribution in [1.82, 2.24) is 10.2 Å². The molecule has 0 spiro atoms. The summed E-state index contributed by atoms with van der Waals surface area (Å²) in [5, 5.41) is 3.03. The summed E-state index contributed by atoms with van der Waals surface area (Å²) < 4.78 is 5.16. The molecule has 0 bridgehead atoms. The molecule has 2 aliphatic heterocycles. The van der Waals surface area contributed by atoms with Crippen molar-refractivity contribution in [1.29, 1.82) is 0 Å². The Balaban J connectivity index is 1.38. The van der Waals surface area contributed by atoms with E-state index in [4.69, 9.17) is 4.74 Å². The molecule has 2 aliphatic rings. The lowest BCUT2D eigenvalue weighted by Crippen LogP contribution is -2.38. The number of hydrogen-bond acceptors (Lipinski definition) is 4. The van der Waals surface area contributed by atoms with Crippen LogP contribution in [0.5, 0.6) is 5.75 Å². The molecular formula is C22H33N3O3. The number of anilines is 1. The maximum Gasteiger partial charge on any atom is 0.227 e. The van der Waals surface area contributed by atoms with Gasteiger partial charge in [0.25, 0.3) is 0 Å². The number of methoxy groups -OCH3 is 1. The van der Waals surface area contributed by atoms with Gasteiger partial charge in [0.05, 0.1) is 13.0 Å². The van der Waals surface area contributed by atoms with Gasteiger partial charge >= 0.3 is 0 Å². The Bertz CT molecular complexity index is 661. The van der Waals surface area contributed by atoms with Crippen LogP contribution in [-0.2, 0) is 9.59 Å². The van der Waals surface area contributed by atoms with Gasteiger partial charge in [-0.2, -0.15) is 0 Å². The molecule has 154 valence electrons. The first kappa shape index (κ1) is 20.6. The third kappa shape index (κ3) is 5.25. The third-order valence-corrected chi connectivity index (χ3v) is 5.99. The van der Waals surface area contributed by atoms with Gasteiger partial charge in [-0.15, -0.1) is 0 Å². The number of carbonyl (C=O) groups excluding carboxylic acids is 2. The number of amides is 2. The summed E-state index contributed by atoms with van der Waals surface area (Å²) in [5.74, 6) is 0.487. The predicted octanol–water partition coefficient (Wildman–Crippen LogP) is 2.82. The molecule has 6 nitrogen and oxygen atoms in total.